The number of fused-ring (bicyclic) bond motifs is 1. The van der Waals surface area contributed by atoms with Gasteiger partial charge in [-0.1, -0.05) is 65.3 Å². The molecule has 0 bridgehead atoms. The number of carbonyl (C=O) groups excluding carboxylic acids is 4. The van der Waals surface area contributed by atoms with Crippen LogP contribution >= 0.6 is 0 Å². The van der Waals surface area contributed by atoms with Gasteiger partial charge in [0.2, 0.25) is 17.7 Å². The number of hydrogen-bond donors (Lipinski definition) is 1. The topological polar surface area (TPSA) is 103 Å². The highest BCUT2D eigenvalue weighted by Gasteiger charge is 2.44. The van der Waals surface area contributed by atoms with E-state index in [0.717, 1.165) is 76.4 Å². The first-order chi connectivity index (χ1) is 23.3. The molecule has 272 valence electrons. The molecule has 3 saturated heterocycles. The number of likely N-dealkylation sites (N-methyl/N-ethyl adjacent to an activating group) is 2. The molecule has 5 rings (SSSR count). The van der Waals surface area contributed by atoms with Gasteiger partial charge in [0.1, 0.15) is 18.2 Å². The van der Waals surface area contributed by atoms with Gasteiger partial charge < -0.3 is 19.9 Å². The second-order valence-corrected chi connectivity index (χ2v) is 16.4. The molecule has 10 nitrogen and oxygen atoms in total. The summed E-state index contributed by atoms with van der Waals surface area (Å²) < 4.78 is 6.12. The number of esters is 1. The highest BCUT2D eigenvalue weighted by molar-refractivity contribution is 5.91. The first kappa shape index (κ1) is 37.3. The Hall–Kier alpha value is -2.98. The molecule has 0 saturated carbocycles. The Kier molecular flexibility index (Phi) is 12.1. The van der Waals surface area contributed by atoms with Crippen molar-refractivity contribution in [2.45, 2.75) is 135 Å². The van der Waals surface area contributed by atoms with Crippen molar-refractivity contribution in [3.8, 4) is 0 Å². The molecule has 6 atom stereocenters. The fraction of sp³-hybridized carbons (Fsp3) is 0.744. The molecule has 49 heavy (non-hydrogen) atoms. The number of piperidine rings is 1. The molecule has 0 aromatic heterocycles. The van der Waals surface area contributed by atoms with Gasteiger partial charge in [-0.15, -0.1) is 0 Å². The van der Waals surface area contributed by atoms with E-state index in [1.807, 2.05) is 51.9 Å². The monoisotopic (exact) mass is 679 g/mol. The van der Waals surface area contributed by atoms with Crippen LogP contribution in [0.5, 0.6) is 0 Å². The van der Waals surface area contributed by atoms with E-state index < -0.39 is 17.5 Å². The van der Waals surface area contributed by atoms with Crippen molar-refractivity contribution in [1.82, 2.24) is 24.9 Å². The Morgan fingerprint density at radius 3 is 2.31 bits per heavy atom. The van der Waals surface area contributed by atoms with Crippen molar-refractivity contribution in [2.24, 2.45) is 11.3 Å². The Morgan fingerprint density at radius 1 is 0.898 bits per heavy atom. The molecule has 1 aromatic rings. The predicted molar refractivity (Wildman–Crippen MR) is 191 cm³/mol. The average molecular weight is 680 g/mol. The van der Waals surface area contributed by atoms with Crippen LogP contribution in [-0.4, -0.2) is 114 Å². The van der Waals surface area contributed by atoms with Gasteiger partial charge in [-0.2, -0.15) is 0 Å². The number of benzene rings is 1. The van der Waals surface area contributed by atoms with Crippen LogP contribution in [0.1, 0.15) is 110 Å². The summed E-state index contributed by atoms with van der Waals surface area (Å²) in [4.78, 5) is 63.4. The second-order valence-electron chi connectivity index (χ2n) is 16.4. The lowest BCUT2D eigenvalue weighted by Gasteiger charge is -2.41. The molecule has 0 spiro atoms. The summed E-state index contributed by atoms with van der Waals surface area (Å²) in [6.07, 6.45) is 8.42. The molecule has 1 aliphatic carbocycles. The lowest BCUT2D eigenvalue weighted by molar-refractivity contribution is -0.160. The Balaban J connectivity index is 1.25. The number of aryl methyl sites for hydroxylation is 1. The summed E-state index contributed by atoms with van der Waals surface area (Å²) in [6, 6.07) is 6.23. The Morgan fingerprint density at radius 2 is 1.59 bits per heavy atom. The standard InChI is InChI=1S/C39H61N5O5/c1-26(2)32(42(7)37(47)34(39(3,4)5)40-35(45)29-18-10-11-22-41(29)6)25-43-23-13-19-30(43)36(46)44-24-14-20-31(44)38(48)49-33-21-12-16-27-15-8-9-17-28(27)33/h8-9,15,17,26,29-34H,10-14,16,18-25H2,1-7H3,(H,40,45). The maximum Gasteiger partial charge on any atom is 0.329 e. The highest BCUT2D eigenvalue weighted by atomic mass is 16.5. The van der Waals surface area contributed by atoms with Crippen LogP contribution in [0.3, 0.4) is 0 Å². The summed E-state index contributed by atoms with van der Waals surface area (Å²) in [5.41, 5.74) is 1.85. The number of carbonyl (C=O) groups is 4. The van der Waals surface area contributed by atoms with Crippen molar-refractivity contribution in [2.75, 3.05) is 40.3 Å². The molecule has 6 unspecified atom stereocenters. The molecule has 1 N–H and O–H groups in total. The third kappa shape index (κ3) is 8.50. The Labute approximate surface area is 294 Å². The van der Waals surface area contributed by atoms with Crippen LogP contribution in [-0.2, 0) is 30.3 Å². The van der Waals surface area contributed by atoms with E-state index in [1.165, 1.54) is 5.56 Å². The largest absolute Gasteiger partial charge is 0.456 e. The molecular weight excluding hydrogens is 618 g/mol. The van der Waals surface area contributed by atoms with Crippen LogP contribution in [0.4, 0.5) is 0 Å². The molecular formula is C39H61N5O5. The second kappa shape index (κ2) is 15.9. The minimum absolute atomic E-state index is 0.00564. The molecule has 1 aromatic carbocycles. The zero-order valence-corrected chi connectivity index (χ0v) is 31.1. The van der Waals surface area contributed by atoms with E-state index in [9.17, 15) is 19.2 Å². The van der Waals surface area contributed by atoms with Crippen LogP contribution in [0, 0.1) is 11.3 Å². The first-order valence-corrected chi connectivity index (χ1v) is 18.9. The highest BCUT2D eigenvalue weighted by Crippen LogP contribution is 2.34. The average Bonchev–Trinajstić information content (AvgIpc) is 3.75. The van der Waals surface area contributed by atoms with E-state index in [-0.39, 0.29) is 53.8 Å². The normalized spacial score (nSPS) is 26.2. The van der Waals surface area contributed by atoms with Gasteiger partial charge in [0.25, 0.3) is 0 Å². The third-order valence-corrected chi connectivity index (χ3v) is 11.5. The van der Waals surface area contributed by atoms with E-state index in [2.05, 4.69) is 41.1 Å². The van der Waals surface area contributed by atoms with Gasteiger partial charge in [-0.25, -0.2) is 4.79 Å². The SMILES string of the molecule is CC(C)C(CN1CCCC1C(=O)N1CCCC1C(=O)OC1CCCc2ccccc21)N(C)C(=O)C(NC(=O)C1CCCCN1C)C(C)(C)C. The number of nitrogens with zero attached hydrogens (tertiary/aromatic N) is 4. The first-order valence-electron chi connectivity index (χ1n) is 18.9. The number of likely N-dealkylation sites (tertiary alicyclic amines) is 3. The number of rotatable bonds is 10. The Bertz CT molecular complexity index is 1340. The van der Waals surface area contributed by atoms with E-state index in [0.29, 0.717) is 19.5 Å². The number of ether oxygens (including phenoxy) is 1. The summed E-state index contributed by atoms with van der Waals surface area (Å²) in [7, 11) is 3.82. The molecule has 4 aliphatic rings. The minimum Gasteiger partial charge on any atom is -0.456 e. The van der Waals surface area contributed by atoms with Gasteiger partial charge in [-0.05, 0) is 100 Å². The molecule has 3 amide bonds. The number of nitrogens with one attached hydrogen (secondary N) is 1. The summed E-state index contributed by atoms with van der Waals surface area (Å²) in [5.74, 6) is -0.363. The lowest BCUT2D eigenvalue weighted by atomic mass is 9.84. The predicted octanol–water partition coefficient (Wildman–Crippen LogP) is 4.56. The third-order valence-electron chi connectivity index (χ3n) is 11.5. The van der Waals surface area contributed by atoms with Crippen LogP contribution in [0.25, 0.3) is 0 Å². The van der Waals surface area contributed by atoms with Crippen LogP contribution in [0.2, 0.25) is 0 Å². The van der Waals surface area contributed by atoms with Crippen molar-refractivity contribution < 1.29 is 23.9 Å². The van der Waals surface area contributed by atoms with E-state index in [4.69, 9.17) is 4.74 Å². The zero-order chi connectivity index (χ0) is 35.5. The molecule has 3 heterocycles. The van der Waals surface area contributed by atoms with Gasteiger partial charge in [-0.3, -0.25) is 24.2 Å². The van der Waals surface area contributed by atoms with Crippen molar-refractivity contribution in [1.29, 1.82) is 0 Å². The fourth-order valence-corrected chi connectivity index (χ4v) is 8.52. The minimum atomic E-state index is -0.676. The van der Waals surface area contributed by atoms with E-state index in [1.54, 1.807) is 4.90 Å². The number of hydrogen-bond acceptors (Lipinski definition) is 7. The fourth-order valence-electron chi connectivity index (χ4n) is 8.52. The van der Waals surface area contributed by atoms with Crippen LogP contribution < -0.4 is 5.32 Å². The molecule has 10 heteroatoms. The molecule has 3 aliphatic heterocycles. The van der Waals surface area contributed by atoms with Gasteiger partial charge in [0, 0.05) is 26.2 Å². The van der Waals surface area contributed by atoms with Crippen molar-refractivity contribution in [3.63, 3.8) is 0 Å². The quantitative estimate of drug-likeness (QED) is 0.362. The van der Waals surface area contributed by atoms with Gasteiger partial charge in [0.05, 0.1) is 12.1 Å². The van der Waals surface area contributed by atoms with Gasteiger partial charge >= 0.3 is 5.97 Å². The zero-order valence-electron chi connectivity index (χ0n) is 31.1. The molecule has 3 fully saturated rings. The smallest absolute Gasteiger partial charge is 0.329 e. The van der Waals surface area contributed by atoms with Crippen LogP contribution in [0.15, 0.2) is 24.3 Å². The maximum absolute atomic E-state index is 14.2. The maximum atomic E-state index is 14.2. The molecule has 0 radical (unpaired) electrons. The van der Waals surface area contributed by atoms with Gasteiger partial charge in [0.15, 0.2) is 0 Å². The summed E-state index contributed by atoms with van der Waals surface area (Å²) >= 11 is 0. The van der Waals surface area contributed by atoms with Crippen molar-refractivity contribution >= 4 is 23.7 Å². The number of amides is 3. The summed E-state index contributed by atoms with van der Waals surface area (Å²) in [6.45, 7) is 13.0. The van der Waals surface area contributed by atoms with E-state index >= 15 is 0 Å². The lowest BCUT2D eigenvalue weighted by Crippen LogP contribution is -2.61. The summed E-state index contributed by atoms with van der Waals surface area (Å²) in [5, 5.41) is 3.15. The van der Waals surface area contributed by atoms with Crippen molar-refractivity contribution in [3.05, 3.63) is 35.4 Å².